The number of hydrogen-bond acceptors (Lipinski definition) is 7. The first-order valence-electron chi connectivity index (χ1n) is 9.01. The summed E-state index contributed by atoms with van der Waals surface area (Å²) in [7, 11) is -3.86. The number of anilines is 2. The van der Waals surface area contributed by atoms with Crippen molar-refractivity contribution in [1.82, 2.24) is 4.98 Å². The highest BCUT2D eigenvalue weighted by molar-refractivity contribution is 7.92. The number of Topliss-reactive ketones (excluding diaryl/α,β-unsaturated/α-hetero) is 2. The Labute approximate surface area is 182 Å². The number of halogens is 1. The van der Waals surface area contributed by atoms with Gasteiger partial charge < -0.3 is 5.73 Å². The van der Waals surface area contributed by atoms with Gasteiger partial charge >= 0.3 is 0 Å². The van der Waals surface area contributed by atoms with E-state index in [2.05, 4.69) is 14.7 Å². The van der Waals surface area contributed by atoms with E-state index < -0.39 is 27.0 Å². The minimum Gasteiger partial charge on any atom is -0.399 e. The summed E-state index contributed by atoms with van der Waals surface area (Å²) in [5.41, 5.74) is 6.52. The molecule has 3 N–H and O–H groups in total. The van der Waals surface area contributed by atoms with Crippen LogP contribution in [0.15, 0.2) is 76.7 Å². The Morgan fingerprint density at radius 2 is 1.74 bits per heavy atom. The summed E-state index contributed by atoms with van der Waals surface area (Å²) in [4.78, 5) is 33.5. The number of aromatic nitrogens is 1. The fourth-order valence-corrected chi connectivity index (χ4v) is 4.32. The maximum Gasteiger partial charge on any atom is 0.263 e. The largest absolute Gasteiger partial charge is 0.399 e. The van der Waals surface area contributed by atoms with Crippen LogP contribution in [0.4, 0.5) is 17.2 Å². The monoisotopic (exact) mass is 454 g/mol. The van der Waals surface area contributed by atoms with Crippen LogP contribution in [0.5, 0.6) is 0 Å². The summed E-state index contributed by atoms with van der Waals surface area (Å²) < 4.78 is 27.4. The maximum absolute atomic E-state index is 12.8. The summed E-state index contributed by atoms with van der Waals surface area (Å²) in [6.45, 7) is 0. The lowest BCUT2D eigenvalue weighted by Crippen LogP contribution is -2.38. The van der Waals surface area contributed by atoms with Gasteiger partial charge in [0.2, 0.25) is 5.78 Å². The van der Waals surface area contributed by atoms with Gasteiger partial charge in [0, 0.05) is 23.0 Å². The summed E-state index contributed by atoms with van der Waals surface area (Å²) in [6, 6.07) is 14.7. The zero-order valence-electron chi connectivity index (χ0n) is 15.8. The second-order valence-corrected chi connectivity index (χ2v) is 8.79. The molecule has 1 aromatic heterocycles. The molecule has 3 aromatic rings. The van der Waals surface area contributed by atoms with Crippen molar-refractivity contribution in [2.24, 2.45) is 4.99 Å². The number of carbonyl (C=O) groups excluding carboxylic acids is 2. The molecule has 0 bridgehead atoms. The van der Waals surface area contributed by atoms with E-state index in [-0.39, 0.29) is 33.2 Å². The van der Waals surface area contributed by atoms with Crippen molar-refractivity contribution in [1.29, 1.82) is 0 Å². The Balaban J connectivity index is 1.63. The molecule has 31 heavy (non-hydrogen) atoms. The molecule has 156 valence electrons. The number of nitrogens with two attached hydrogens (primary N) is 1. The third-order valence-electron chi connectivity index (χ3n) is 4.56. The number of ketones is 2. The topological polar surface area (TPSA) is 132 Å². The number of sulfonamides is 1. The van der Waals surface area contributed by atoms with Gasteiger partial charge in [0.15, 0.2) is 5.78 Å². The van der Waals surface area contributed by atoms with Crippen LogP contribution in [0, 0.1) is 0 Å². The number of carbonyl (C=O) groups is 2. The minimum atomic E-state index is -3.86. The number of nitrogen functional groups attached to an aromatic ring is 1. The third kappa shape index (κ3) is 4.05. The van der Waals surface area contributed by atoms with Gasteiger partial charge in [0.05, 0.1) is 10.6 Å². The summed E-state index contributed by atoms with van der Waals surface area (Å²) in [6.07, 6.45) is 1.47. The van der Waals surface area contributed by atoms with Crippen LogP contribution in [0.3, 0.4) is 0 Å². The average Bonchev–Trinajstić information content (AvgIpc) is 2.76. The first kappa shape index (κ1) is 20.7. The number of fused-ring (bicyclic) bond motifs is 1. The summed E-state index contributed by atoms with van der Waals surface area (Å²) in [5, 5.41) is -1.27. The molecule has 2 aromatic carbocycles. The van der Waals surface area contributed by atoms with Gasteiger partial charge in [-0.3, -0.25) is 14.3 Å². The van der Waals surface area contributed by atoms with Crippen molar-refractivity contribution >= 4 is 56.1 Å². The Morgan fingerprint density at radius 3 is 2.42 bits per heavy atom. The number of pyridine rings is 1. The second kappa shape index (κ2) is 7.93. The van der Waals surface area contributed by atoms with Gasteiger partial charge in [-0.25, -0.2) is 18.4 Å². The van der Waals surface area contributed by atoms with Crippen molar-refractivity contribution in [2.75, 3.05) is 10.5 Å². The van der Waals surface area contributed by atoms with Gasteiger partial charge in [0.1, 0.15) is 16.9 Å². The van der Waals surface area contributed by atoms with Gasteiger partial charge in [-0.05, 0) is 54.6 Å². The number of benzene rings is 2. The van der Waals surface area contributed by atoms with Crippen LogP contribution in [-0.4, -0.2) is 36.1 Å². The van der Waals surface area contributed by atoms with E-state index in [9.17, 15) is 18.0 Å². The molecule has 0 fully saturated rings. The molecule has 0 amide bonds. The van der Waals surface area contributed by atoms with E-state index >= 15 is 0 Å². The van der Waals surface area contributed by atoms with E-state index in [1.165, 1.54) is 54.7 Å². The van der Waals surface area contributed by atoms with Gasteiger partial charge in [-0.2, -0.15) is 0 Å². The molecular formula is C21H15ClN4O4S. The van der Waals surface area contributed by atoms with Crippen molar-refractivity contribution in [3.63, 3.8) is 0 Å². The van der Waals surface area contributed by atoms with Crippen molar-refractivity contribution in [2.45, 2.75) is 10.3 Å². The number of aliphatic imine (C=N–C) groups is 1. The van der Waals surface area contributed by atoms with E-state index in [1.807, 2.05) is 0 Å². The molecule has 1 heterocycles. The molecule has 0 aliphatic heterocycles. The molecule has 0 spiro atoms. The van der Waals surface area contributed by atoms with Gasteiger partial charge in [-0.1, -0.05) is 6.07 Å². The van der Waals surface area contributed by atoms with Crippen molar-refractivity contribution in [3.8, 4) is 0 Å². The van der Waals surface area contributed by atoms with Crippen molar-refractivity contribution < 1.29 is 18.0 Å². The molecule has 1 aliphatic carbocycles. The molecule has 1 atom stereocenters. The van der Waals surface area contributed by atoms with Crippen LogP contribution in [0.2, 0.25) is 0 Å². The number of hydrogen-bond donors (Lipinski definition) is 2. The Morgan fingerprint density at radius 1 is 1.00 bits per heavy atom. The fourth-order valence-electron chi connectivity index (χ4n) is 3.04. The molecule has 8 nitrogen and oxygen atoms in total. The lowest BCUT2D eigenvalue weighted by atomic mass is 9.87. The lowest BCUT2D eigenvalue weighted by Gasteiger charge is -2.20. The Hall–Kier alpha value is -3.56. The number of rotatable bonds is 4. The zero-order chi connectivity index (χ0) is 22.2. The molecule has 0 saturated carbocycles. The molecule has 10 heteroatoms. The number of nitrogens with zero attached hydrogens (tertiary/aromatic N) is 2. The van der Waals surface area contributed by atoms with E-state index in [4.69, 9.17) is 17.3 Å². The van der Waals surface area contributed by atoms with E-state index in [0.29, 0.717) is 5.69 Å². The molecule has 4 rings (SSSR count). The molecule has 1 aliphatic rings. The third-order valence-corrected chi connectivity index (χ3v) is 6.33. The highest BCUT2D eigenvalue weighted by Crippen LogP contribution is 2.28. The smallest absolute Gasteiger partial charge is 0.263 e. The molecular weight excluding hydrogens is 440 g/mol. The summed E-state index contributed by atoms with van der Waals surface area (Å²) in [5.74, 6) is -0.772. The van der Waals surface area contributed by atoms with Crippen LogP contribution in [-0.2, 0) is 10.0 Å². The van der Waals surface area contributed by atoms with Crippen LogP contribution >= 0.6 is 11.6 Å². The van der Waals surface area contributed by atoms with Crippen LogP contribution < -0.4 is 10.5 Å². The zero-order valence-corrected chi connectivity index (χ0v) is 17.4. The van der Waals surface area contributed by atoms with E-state index in [1.54, 1.807) is 12.1 Å². The SMILES string of the molecule is Nc1ccc2c(c1)C(=O)C(Cl)C(=Nc1ccc(S(=O)(=O)Nc3ccccn3)cc1)C2=O. The summed E-state index contributed by atoms with van der Waals surface area (Å²) >= 11 is 6.20. The Kier molecular flexibility index (Phi) is 5.30. The molecule has 1 unspecified atom stereocenters. The second-order valence-electron chi connectivity index (χ2n) is 6.67. The van der Waals surface area contributed by atoms with Gasteiger partial charge in [0.25, 0.3) is 10.0 Å². The Bertz CT molecular complexity index is 1320. The quantitative estimate of drug-likeness (QED) is 0.459. The van der Waals surface area contributed by atoms with Gasteiger partial charge in [-0.15, -0.1) is 11.6 Å². The predicted octanol–water partition coefficient (Wildman–Crippen LogP) is 3.22. The molecule has 0 saturated heterocycles. The highest BCUT2D eigenvalue weighted by atomic mass is 35.5. The molecule has 0 radical (unpaired) electrons. The first-order valence-corrected chi connectivity index (χ1v) is 10.9. The average molecular weight is 455 g/mol. The normalized spacial score (nSPS) is 17.5. The minimum absolute atomic E-state index is 0.0172. The van der Waals surface area contributed by atoms with Crippen molar-refractivity contribution in [3.05, 3.63) is 78.0 Å². The van der Waals surface area contributed by atoms with E-state index in [0.717, 1.165) is 0 Å². The fraction of sp³-hybridized carbons (Fsp3) is 0.0476. The maximum atomic E-state index is 12.8. The first-order chi connectivity index (χ1) is 14.8. The lowest BCUT2D eigenvalue weighted by molar-refractivity contribution is 0.0968. The number of alkyl halides is 1. The highest BCUT2D eigenvalue weighted by Gasteiger charge is 2.37. The predicted molar refractivity (Wildman–Crippen MR) is 118 cm³/mol. The number of nitrogens with one attached hydrogen (secondary N) is 1. The van der Waals surface area contributed by atoms with Crippen LogP contribution in [0.25, 0.3) is 0 Å². The standard InChI is InChI=1S/C21H15ClN4O4S/c22-18-19(21(28)15-9-4-12(23)11-16(15)20(18)27)25-13-5-7-14(8-6-13)31(29,30)26-17-3-1-2-10-24-17/h1-11,18H,23H2,(H,24,26). The van der Waals surface area contributed by atoms with Crippen LogP contribution in [0.1, 0.15) is 20.7 Å².